The molecular weight excluding hydrogens is 204 g/mol. The number of oxime groups is 1. The van der Waals surface area contributed by atoms with Gasteiger partial charge >= 0.3 is 0 Å². The van der Waals surface area contributed by atoms with Gasteiger partial charge in [0.05, 0.1) is 0 Å². The van der Waals surface area contributed by atoms with Crippen molar-refractivity contribution in [3.63, 3.8) is 0 Å². The highest BCUT2D eigenvalue weighted by atomic mass is 16.4. The highest BCUT2D eigenvalue weighted by molar-refractivity contribution is 5.97. The summed E-state index contributed by atoms with van der Waals surface area (Å²) < 4.78 is 1.95. The minimum absolute atomic E-state index is 0.105. The molecule has 82 valence electrons. The SMILES string of the molecule is Cc1nccn1-c1ccc(/C(N)=N/O)cc1. The van der Waals surface area contributed by atoms with E-state index in [1.165, 1.54) is 0 Å². The van der Waals surface area contributed by atoms with Crippen LogP contribution in [0.1, 0.15) is 11.4 Å². The summed E-state index contributed by atoms with van der Waals surface area (Å²) in [5.74, 6) is 1.02. The first-order chi connectivity index (χ1) is 7.72. The van der Waals surface area contributed by atoms with Crippen molar-refractivity contribution in [3.05, 3.63) is 48.0 Å². The third-order valence-electron chi connectivity index (χ3n) is 2.37. The van der Waals surface area contributed by atoms with Crippen LogP contribution < -0.4 is 5.73 Å². The summed E-state index contributed by atoms with van der Waals surface area (Å²) >= 11 is 0. The molecule has 0 aliphatic heterocycles. The molecule has 2 aromatic rings. The molecule has 5 heteroatoms. The standard InChI is InChI=1S/C11H12N4O/c1-8-13-6-7-15(8)10-4-2-9(3-5-10)11(12)14-16/h2-7,16H,1H3,(H2,12,14). The van der Waals surface area contributed by atoms with Crippen molar-refractivity contribution in [2.75, 3.05) is 0 Å². The zero-order valence-corrected chi connectivity index (χ0v) is 8.83. The van der Waals surface area contributed by atoms with E-state index < -0.39 is 0 Å². The minimum Gasteiger partial charge on any atom is -0.409 e. The Morgan fingerprint density at radius 3 is 2.56 bits per heavy atom. The lowest BCUT2D eigenvalue weighted by Gasteiger charge is -2.05. The Hall–Kier alpha value is -2.30. The third-order valence-corrected chi connectivity index (χ3v) is 2.37. The van der Waals surface area contributed by atoms with Crippen LogP contribution in [0.5, 0.6) is 0 Å². The second-order valence-corrected chi connectivity index (χ2v) is 3.38. The molecule has 5 nitrogen and oxygen atoms in total. The van der Waals surface area contributed by atoms with Crippen LogP contribution in [0, 0.1) is 6.92 Å². The van der Waals surface area contributed by atoms with E-state index in [0.29, 0.717) is 5.56 Å². The second-order valence-electron chi connectivity index (χ2n) is 3.38. The van der Waals surface area contributed by atoms with Gasteiger partial charge in [-0.05, 0) is 31.2 Å². The van der Waals surface area contributed by atoms with Gasteiger partial charge in [-0.3, -0.25) is 0 Å². The monoisotopic (exact) mass is 216 g/mol. The number of hydrogen-bond acceptors (Lipinski definition) is 3. The molecule has 3 N–H and O–H groups in total. The highest BCUT2D eigenvalue weighted by Gasteiger charge is 2.02. The van der Waals surface area contributed by atoms with Crippen LogP contribution in [0.15, 0.2) is 41.8 Å². The molecule has 0 radical (unpaired) electrons. The maximum Gasteiger partial charge on any atom is 0.170 e. The first kappa shape index (κ1) is 10.2. The Morgan fingerprint density at radius 2 is 2.06 bits per heavy atom. The molecule has 1 aromatic heterocycles. The largest absolute Gasteiger partial charge is 0.409 e. The molecule has 0 aliphatic carbocycles. The maximum atomic E-state index is 8.53. The van der Waals surface area contributed by atoms with Gasteiger partial charge in [0.15, 0.2) is 5.84 Å². The maximum absolute atomic E-state index is 8.53. The van der Waals surface area contributed by atoms with Gasteiger partial charge in [-0.15, -0.1) is 0 Å². The number of amidine groups is 1. The summed E-state index contributed by atoms with van der Waals surface area (Å²) in [6.45, 7) is 1.93. The van der Waals surface area contributed by atoms with E-state index in [0.717, 1.165) is 11.5 Å². The van der Waals surface area contributed by atoms with E-state index in [2.05, 4.69) is 10.1 Å². The molecule has 0 spiro atoms. The average Bonchev–Trinajstić information content (AvgIpc) is 2.75. The smallest absolute Gasteiger partial charge is 0.170 e. The summed E-state index contributed by atoms with van der Waals surface area (Å²) in [7, 11) is 0. The van der Waals surface area contributed by atoms with Crippen LogP contribution in [-0.4, -0.2) is 20.6 Å². The van der Waals surface area contributed by atoms with Crippen molar-refractivity contribution in [2.24, 2.45) is 10.9 Å². The lowest BCUT2D eigenvalue weighted by molar-refractivity contribution is 0.318. The van der Waals surface area contributed by atoms with E-state index >= 15 is 0 Å². The summed E-state index contributed by atoms with van der Waals surface area (Å²) in [5.41, 5.74) is 7.15. The van der Waals surface area contributed by atoms with Crippen molar-refractivity contribution >= 4 is 5.84 Å². The number of nitrogens with two attached hydrogens (primary N) is 1. The van der Waals surface area contributed by atoms with Gasteiger partial charge in [0.2, 0.25) is 0 Å². The average molecular weight is 216 g/mol. The number of imidazole rings is 1. The molecule has 0 saturated heterocycles. The number of aryl methyl sites for hydroxylation is 1. The number of rotatable bonds is 2. The lowest BCUT2D eigenvalue weighted by Crippen LogP contribution is -2.12. The van der Waals surface area contributed by atoms with Gasteiger partial charge in [-0.2, -0.15) is 0 Å². The Bertz CT molecular complexity index is 513. The van der Waals surface area contributed by atoms with Crippen LogP contribution in [0.2, 0.25) is 0 Å². The van der Waals surface area contributed by atoms with Gasteiger partial charge in [0, 0.05) is 23.6 Å². The van der Waals surface area contributed by atoms with E-state index in [9.17, 15) is 0 Å². The summed E-state index contributed by atoms with van der Waals surface area (Å²) in [4.78, 5) is 4.14. The van der Waals surface area contributed by atoms with E-state index in [1.54, 1.807) is 18.3 Å². The van der Waals surface area contributed by atoms with Gasteiger partial charge in [-0.25, -0.2) is 4.98 Å². The Kier molecular flexibility index (Phi) is 2.59. The Morgan fingerprint density at radius 1 is 1.38 bits per heavy atom. The first-order valence-corrected chi connectivity index (χ1v) is 4.80. The van der Waals surface area contributed by atoms with Crippen LogP contribution in [0.4, 0.5) is 0 Å². The fourth-order valence-electron chi connectivity index (χ4n) is 1.50. The molecule has 0 fully saturated rings. The summed E-state index contributed by atoms with van der Waals surface area (Å²) in [5, 5.41) is 11.5. The predicted molar refractivity (Wildman–Crippen MR) is 60.8 cm³/mol. The fourth-order valence-corrected chi connectivity index (χ4v) is 1.50. The van der Waals surface area contributed by atoms with Crippen molar-refractivity contribution < 1.29 is 5.21 Å². The normalized spacial score (nSPS) is 11.7. The van der Waals surface area contributed by atoms with E-state index in [1.807, 2.05) is 29.8 Å². The number of benzene rings is 1. The molecule has 1 heterocycles. The number of hydrogen-bond donors (Lipinski definition) is 2. The molecule has 0 aliphatic rings. The second kappa shape index (κ2) is 4.06. The lowest BCUT2D eigenvalue weighted by atomic mass is 10.2. The van der Waals surface area contributed by atoms with Crippen molar-refractivity contribution in [3.8, 4) is 5.69 Å². The van der Waals surface area contributed by atoms with Crippen LogP contribution in [0.25, 0.3) is 5.69 Å². The quantitative estimate of drug-likeness (QED) is 0.343. The molecule has 1 aromatic carbocycles. The molecule has 0 amide bonds. The highest BCUT2D eigenvalue weighted by Crippen LogP contribution is 2.11. The van der Waals surface area contributed by atoms with Gasteiger partial charge in [-0.1, -0.05) is 5.16 Å². The Labute approximate surface area is 92.8 Å². The zero-order chi connectivity index (χ0) is 11.5. The number of aromatic nitrogens is 2. The van der Waals surface area contributed by atoms with Crippen LogP contribution in [0.3, 0.4) is 0 Å². The van der Waals surface area contributed by atoms with Gasteiger partial charge in [0.1, 0.15) is 5.82 Å². The molecule has 2 rings (SSSR count). The van der Waals surface area contributed by atoms with E-state index in [4.69, 9.17) is 10.9 Å². The summed E-state index contributed by atoms with van der Waals surface area (Å²) in [6, 6.07) is 7.37. The fraction of sp³-hybridized carbons (Fsp3) is 0.0909. The summed E-state index contributed by atoms with van der Waals surface area (Å²) in [6.07, 6.45) is 3.63. The Balaban J connectivity index is 2.37. The van der Waals surface area contributed by atoms with Gasteiger partial charge in [0.25, 0.3) is 0 Å². The van der Waals surface area contributed by atoms with Crippen molar-refractivity contribution in [1.82, 2.24) is 9.55 Å². The zero-order valence-electron chi connectivity index (χ0n) is 8.83. The third kappa shape index (κ3) is 1.75. The molecule has 0 atom stereocenters. The van der Waals surface area contributed by atoms with Crippen LogP contribution >= 0.6 is 0 Å². The van der Waals surface area contributed by atoms with Gasteiger partial charge < -0.3 is 15.5 Å². The molecule has 0 bridgehead atoms. The van der Waals surface area contributed by atoms with E-state index in [-0.39, 0.29) is 5.84 Å². The van der Waals surface area contributed by atoms with Crippen molar-refractivity contribution in [2.45, 2.75) is 6.92 Å². The molecular formula is C11H12N4O. The molecule has 0 unspecified atom stereocenters. The number of nitrogens with zero attached hydrogens (tertiary/aromatic N) is 3. The minimum atomic E-state index is 0.105. The topological polar surface area (TPSA) is 76.4 Å². The first-order valence-electron chi connectivity index (χ1n) is 4.80. The molecule has 0 saturated carbocycles. The van der Waals surface area contributed by atoms with Crippen molar-refractivity contribution in [1.29, 1.82) is 0 Å². The molecule has 16 heavy (non-hydrogen) atoms. The van der Waals surface area contributed by atoms with Crippen LogP contribution in [-0.2, 0) is 0 Å². The predicted octanol–water partition coefficient (Wildman–Crippen LogP) is 1.28.